The summed E-state index contributed by atoms with van der Waals surface area (Å²) in [6.07, 6.45) is 5.14. The molecule has 4 heteroatoms. The second-order valence-electron chi connectivity index (χ2n) is 5.52. The zero-order valence-electron chi connectivity index (χ0n) is 11.8. The number of hydrogen-bond acceptors (Lipinski definition) is 4. The normalized spacial score (nSPS) is 28.2. The van der Waals surface area contributed by atoms with Gasteiger partial charge in [0.25, 0.3) is 0 Å². The van der Waals surface area contributed by atoms with Gasteiger partial charge in [-0.1, -0.05) is 19.8 Å². The summed E-state index contributed by atoms with van der Waals surface area (Å²) in [6.45, 7) is 6.16. The van der Waals surface area contributed by atoms with Crippen LogP contribution in [-0.2, 0) is 6.54 Å². The second kappa shape index (κ2) is 5.68. The number of likely N-dealkylation sites (N-methyl/N-ethyl adjacent to an activating group) is 1. The SMILES string of the molecule is CCC1CCCC1(CN)N(C)Cc1scnc1C. The summed E-state index contributed by atoms with van der Waals surface area (Å²) in [5, 5.41) is 0. The van der Waals surface area contributed by atoms with Gasteiger partial charge < -0.3 is 5.73 Å². The first-order valence-corrected chi connectivity index (χ1v) is 7.82. The molecule has 1 fully saturated rings. The molecular formula is C14H25N3S. The van der Waals surface area contributed by atoms with Crippen LogP contribution in [0.1, 0.15) is 43.2 Å². The molecule has 102 valence electrons. The Bertz CT molecular complexity index is 390. The Kier molecular flexibility index (Phi) is 4.41. The fourth-order valence-electron chi connectivity index (χ4n) is 3.49. The van der Waals surface area contributed by atoms with Gasteiger partial charge in [0.1, 0.15) is 0 Å². The number of aromatic nitrogens is 1. The first-order chi connectivity index (χ1) is 8.64. The van der Waals surface area contributed by atoms with Crippen LogP contribution in [0.5, 0.6) is 0 Å². The predicted molar refractivity (Wildman–Crippen MR) is 77.7 cm³/mol. The van der Waals surface area contributed by atoms with Crippen LogP contribution < -0.4 is 5.73 Å². The van der Waals surface area contributed by atoms with Crippen LogP contribution in [0.15, 0.2) is 5.51 Å². The van der Waals surface area contributed by atoms with E-state index < -0.39 is 0 Å². The third-order valence-corrected chi connectivity index (χ3v) is 5.67. The first kappa shape index (κ1) is 14.0. The lowest BCUT2D eigenvalue weighted by Crippen LogP contribution is -2.54. The third kappa shape index (κ3) is 2.33. The van der Waals surface area contributed by atoms with Crippen molar-refractivity contribution in [2.24, 2.45) is 11.7 Å². The highest BCUT2D eigenvalue weighted by Crippen LogP contribution is 2.41. The minimum atomic E-state index is 0.213. The number of nitrogens with zero attached hydrogens (tertiary/aromatic N) is 2. The topological polar surface area (TPSA) is 42.1 Å². The molecule has 0 bridgehead atoms. The summed E-state index contributed by atoms with van der Waals surface area (Å²) in [7, 11) is 2.24. The van der Waals surface area contributed by atoms with Crippen molar-refractivity contribution in [2.75, 3.05) is 13.6 Å². The van der Waals surface area contributed by atoms with Crippen molar-refractivity contribution in [1.82, 2.24) is 9.88 Å². The Hall–Kier alpha value is -0.450. The van der Waals surface area contributed by atoms with E-state index in [-0.39, 0.29) is 5.54 Å². The van der Waals surface area contributed by atoms with E-state index in [0.29, 0.717) is 0 Å². The maximum atomic E-state index is 6.15. The van der Waals surface area contributed by atoms with E-state index in [9.17, 15) is 0 Å². The Morgan fingerprint density at radius 2 is 2.39 bits per heavy atom. The smallest absolute Gasteiger partial charge is 0.0798 e. The van der Waals surface area contributed by atoms with Crippen molar-refractivity contribution in [3.8, 4) is 0 Å². The molecule has 1 aliphatic carbocycles. The van der Waals surface area contributed by atoms with Crippen molar-refractivity contribution in [2.45, 2.75) is 51.6 Å². The summed E-state index contributed by atoms with van der Waals surface area (Å²) in [4.78, 5) is 8.22. The largest absolute Gasteiger partial charge is 0.329 e. The van der Waals surface area contributed by atoms with Crippen molar-refractivity contribution >= 4 is 11.3 Å². The van der Waals surface area contributed by atoms with Gasteiger partial charge in [0.05, 0.1) is 11.2 Å². The summed E-state index contributed by atoms with van der Waals surface area (Å²) in [5.41, 5.74) is 9.48. The molecule has 2 rings (SSSR count). The van der Waals surface area contributed by atoms with E-state index >= 15 is 0 Å². The summed E-state index contributed by atoms with van der Waals surface area (Å²) in [5.74, 6) is 0.751. The lowest BCUT2D eigenvalue weighted by molar-refractivity contribution is 0.0754. The Balaban J connectivity index is 2.15. The van der Waals surface area contributed by atoms with Crippen molar-refractivity contribution in [1.29, 1.82) is 0 Å². The number of nitrogens with two attached hydrogens (primary N) is 1. The van der Waals surface area contributed by atoms with E-state index in [2.05, 4.69) is 30.8 Å². The van der Waals surface area contributed by atoms with Gasteiger partial charge in [0.15, 0.2) is 0 Å². The summed E-state index contributed by atoms with van der Waals surface area (Å²) in [6, 6.07) is 0. The van der Waals surface area contributed by atoms with Crippen molar-refractivity contribution < 1.29 is 0 Å². The molecule has 3 nitrogen and oxygen atoms in total. The standard InChI is InChI=1S/C14H25N3S/c1-4-12-6-5-7-14(12,9-15)17(3)8-13-11(2)16-10-18-13/h10,12H,4-9,15H2,1-3H3. The van der Waals surface area contributed by atoms with Crippen LogP contribution in [-0.4, -0.2) is 29.0 Å². The Labute approximate surface area is 114 Å². The molecule has 0 saturated heterocycles. The molecule has 0 aliphatic heterocycles. The van der Waals surface area contributed by atoms with Crippen molar-refractivity contribution in [3.05, 3.63) is 16.1 Å². The monoisotopic (exact) mass is 267 g/mol. The predicted octanol–water partition coefficient (Wildman–Crippen LogP) is 2.79. The molecule has 0 radical (unpaired) electrons. The molecule has 0 amide bonds. The molecule has 2 unspecified atom stereocenters. The molecule has 1 aromatic heterocycles. The summed E-state index contributed by atoms with van der Waals surface area (Å²) >= 11 is 1.76. The molecule has 0 spiro atoms. The fraction of sp³-hybridized carbons (Fsp3) is 0.786. The maximum absolute atomic E-state index is 6.15. The van der Waals surface area contributed by atoms with Gasteiger partial charge in [-0.15, -0.1) is 11.3 Å². The van der Waals surface area contributed by atoms with E-state index in [1.165, 1.54) is 36.3 Å². The number of rotatable bonds is 5. The molecular weight excluding hydrogens is 242 g/mol. The van der Waals surface area contributed by atoms with Gasteiger partial charge in [0.2, 0.25) is 0 Å². The van der Waals surface area contributed by atoms with Crippen LogP contribution in [0.2, 0.25) is 0 Å². The van der Waals surface area contributed by atoms with Gasteiger partial charge in [-0.05, 0) is 32.7 Å². The lowest BCUT2D eigenvalue weighted by Gasteiger charge is -2.42. The van der Waals surface area contributed by atoms with E-state index in [1.54, 1.807) is 11.3 Å². The number of thiazole rings is 1. The molecule has 18 heavy (non-hydrogen) atoms. The molecule has 2 N–H and O–H groups in total. The maximum Gasteiger partial charge on any atom is 0.0798 e. The van der Waals surface area contributed by atoms with Gasteiger partial charge in [-0.2, -0.15) is 0 Å². The fourth-order valence-corrected chi connectivity index (χ4v) is 4.32. The highest BCUT2D eigenvalue weighted by atomic mass is 32.1. The molecule has 1 heterocycles. The van der Waals surface area contributed by atoms with Gasteiger partial charge in [0, 0.05) is 23.5 Å². The average molecular weight is 267 g/mol. The zero-order valence-corrected chi connectivity index (χ0v) is 12.6. The van der Waals surface area contributed by atoms with Crippen LogP contribution in [0.25, 0.3) is 0 Å². The van der Waals surface area contributed by atoms with Crippen LogP contribution in [0, 0.1) is 12.8 Å². The Morgan fingerprint density at radius 1 is 1.61 bits per heavy atom. The highest BCUT2D eigenvalue weighted by molar-refractivity contribution is 7.09. The van der Waals surface area contributed by atoms with E-state index in [0.717, 1.165) is 19.0 Å². The second-order valence-corrected chi connectivity index (χ2v) is 6.46. The van der Waals surface area contributed by atoms with Crippen LogP contribution in [0.4, 0.5) is 0 Å². The zero-order chi connectivity index (χ0) is 13.2. The molecule has 1 aromatic rings. The van der Waals surface area contributed by atoms with Gasteiger partial charge in [-0.25, -0.2) is 4.98 Å². The van der Waals surface area contributed by atoms with Crippen LogP contribution in [0.3, 0.4) is 0 Å². The Morgan fingerprint density at radius 3 is 2.94 bits per heavy atom. The lowest BCUT2D eigenvalue weighted by atomic mass is 9.83. The van der Waals surface area contributed by atoms with Crippen molar-refractivity contribution in [3.63, 3.8) is 0 Å². The summed E-state index contributed by atoms with van der Waals surface area (Å²) < 4.78 is 0. The molecule has 1 saturated carbocycles. The van der Waals surface area contributed by atoms with Gasteiger partial charge in [-0.3, -0.25) is 4.90 Å². The molecule has 1 aliphatic rings. The van der Waals surface area contributed by atoms with Gasteiger partial charge >= 0.3 is 0 Å². The molecule has 2 atom stereocenters. The third-order valence-electron chi connectivity index (χ3n) is 4.75. The minimum Gasteiger partial charge on any atom is -0.329 e. The molecule has 0 aromatic carbocycles. The number of hydrogen-bond donors (Lipinski definition) is 1. The van der Waals surface area contributed by atoms with E-state index in [1.807, 2.05) is 5.51 Å². The number of aryl methyl sites for hydroxylation is 1. The van der Waals surface area contributed by atoms with E-state index in [4.69, 9.17) is 5.73 Å². The van der Waals surface area contributed by atoms with Crippen LogP contribution >= 0.6 is 11.3 Å². The average Bonchev–Trinajstić information content (AvgIpc) is 2.96. The quantitative estimate of drug-likeness (QED) is 0.892. The highest BCUT2D eigenvalue weighted by Gasteiger charge is 2.43. The first-order valence-electron chi connectivity index (χ1n) is 6.94. The minimum absolute atomic E-state index is 0.213.